The number of fused-ring (bicyclic) bond motifs is 2. The van der Waals surface area contributed by atoms with Gasteiger partial charge in [-0.05, 0) is 72.7 Å². The predicted molar refractivity (Wildman–Crippen MR) is 147 cm³/mol. The zero-order valence-corrected chi connectivity index (χ0v) is 22.2. The molecule has 0 unspecified atom stereocenters. The van der Waals surface area contributed by atoms with Crippen molar-refractivity contribution in [3.63, 3.8) is 0 Å². The van der Waals surface area contributed by atoms with Gasteiger partial charge in [-0.25, -0.2) is 11.4 Å². The maximum absolute atomic E-state index is 12.8. The molecule has 10 N–H and O–H groups in total. The standard InChI is InChI=1S/C27H35N9O3/c1-3-9-36(10-8-28)23(37)15-33-16(2)14-27(26(31)34-35-32)21-6-4-17(24(29)38)11-19(21)13-20-12-18(25(30)39)5-7-22(20)27/h4-7,11-12,16,33,35H,3,9-10,13-15,32H2,1-2H3,(H2,29,38)(H2,30,39)(H2,31,34)/t16-/m1/s1. The summed E-state index contributed by atoms with van der Waals surface area (Å²) in [5, 5.41) is 16.5. The molecule has 1 aliphatic rings. The van der Waals surface area contributed by atoms with E-state index in [1.165, 1.54) is 4.90 Å². The van der Waals surface area contributed by atoms with Crippen LogP contribution in [-0.4, -0.2) is 54.1 Å². The third-order valence-corrected chi connectivity index (χ3v) is 7.02. The van der Waals surface area contributed by atoms with Crippen LogP contribution in [0.5, 0.6) is 0 Å². The van der Waals surface area contributed by atoms with E-state index >= 15 is 0 Å². The van der Waals surface area contributed by atoms with Crippen LogP contribution in [0, 0.1) is 11.3 Å². The van der Waals surface area contributed by atoms with Crippen molar-refractivity contribution in [1.29, 1.82) is 5.26 Å². The summed E-state index contributed by atoms with van der Waals surface area (Å²) >= 11 is 0. The van der Waals surface area contributed by atoms with Gasteiger partial charge in [0.2, 0.25) is 17.7 Å². The highest BCUT2D eigenvalue weighted by molar-refractivity contribution is 5.99. The van der Waals surface area contributed by atoms with E-state index in [1.54, 1.807) is 36.4 Å². The fourth-order valence-corrected chi connectivity index (χ4v) is 5.29. The molecule has 39 heavy (non-hydrogen) atoms. The molecule has 1 aliphatic carbocycles. The molecule has 0 heterocycles. The molecule has 0 aliphatic heterocycles. The quantitative estimate of drug-likeness (QED) is 0.0711. The number of nitrogens with two attached hydrogens (primary N) is 4. The number of nitrogens with one attached hydrogen (secondary N) is 2. The van der Waals surface area contributed by atoms with E-state index in [-0.39, 0.29) is 30.9 Å². The molecule has 0 saturated heterocycles. The highest BCUT2D eigenvalue weighted by atomic mass is 16.2. The highest BCUT2D eigenvalue weighted by Gasteiger charge is 2.45. The van der Waals surface area contributed by atoms with Crippen molar-refractivity contribution in [3.8, 4) is 6.07 Å². The SMILES string of the molecule is CCCN(CC#N)C(=O)CN[C@H](C)CC1(/C(N)=N/NN)c2ccc(C(N)=O)cc2Cc2cc(C(N)=O)ccc21. The summed E-state index contributed by atoms with van der Waals surface area (Å²) in [5.41, 5.74) is 22.8. The minimum absolute atomic E-state index is 0.0135. The Bertz CT molecular complexity index is 1270. The number of hydrazone groups is 1. The van der Waals surface area contributed by atoms with Gasteiger partial charge in [0.05, 0.1) is 18.0 Å². The van der Waals surface area contributed by atoms with Crippen LogP contribution in [0.25, 0.3) is 0 Å². The van der Waals surface area contributed by atoms with Crippen LogP contribution in [0.3, 0.4) is 0 Å². The molecule has 1 atom stereocenters. The van der Waals surface area contributed by atoms with Crippen molar-refractivity contribution in [3.05, 3.63) is 69.8 Å². The Labute approximate surface area is 227 Å². The molecule has 3 rings (SSSR count). The van der Waals surface area contributed by atoms with Gasteiger partial charge >= 0.3 is 0 Å². The first kappa shape index (κ1) is 29.1. The smallest absolute Gasteiger partial charge is 0.248 e. The highest BCUT2D eigenvalue weighted by Crippen LogP contribution is 2.45. The topological polar surface area (TPSA) is 219 Å². The number of hydrogen-bond acceptors (Lipinski definition) is 8. The first-order valence-corrected chi connectivity index (χ1v) is 12.6. The second-order valence-corrected chi connectivity index (χ2v) is 9.64. The Hall–Kier alpha value is -4.47. The maximum atomic E-state index is 12.8. The van der Waals surface area contributed by atoms with Gasteiger partial charge in [0.1, 0.15) is 12.4 Å². The Morgan fingerprint density at radius 1 is 1.08 bits per heavy atom. The summed E-state index contributed by atoms with van der Waals surface area (Å²) in [6, 6.07) is 12.0. The lowest BCUT2D eigenvalue weighted by molar-refractivity contribution is -0.129. The molecule has 0 aromatic heterocycles. The molecule has 0 fully saturated rings. The molecule has 0 bridgehead atoms. The third-order valence-electron chi connectivity index (χ3n) is 7.02. The van der Waals surface area contributed by atoms with Crippen LogP contribution in [0.15, 0.2) is 41.5 Å². The van der Waals surface area contributed by atoms with E-state index in [4.69, 9.17) is 28.3 Å². The number of nitriles is 1. The summed E-state index contributed by atoms with van der Waals surface area (Å²) < 4.78 is 0. The van der Waals surface area contributed by atoms with Crippen LogP contribution < -0.4 is 33.9 Å². The average molecular weight is 534 g/mol. The molecule has 2 aromatic carbocycles. The largest absolute Gasteiger partial charge is 0.385 e. The maximum Gasteiger partial charge on any atom is 0.248 e. The normalized spacial score (nSPS) is 14.4. The third kappa shape index (κ3) is 6.00. The molecule has 12 nitrogen and oxygen atoms in total. The van der Waals surface area contributed by atoms with Crippen molar-refractivity contribution >= 4 is 23.6 Å². The number of amidine groups is 1. The zero-order chi connectivity index (χ0) is 28.7. The summed E-state index contributed by atoms with van der Waals surface area (Å²) in [6.07, 6.45) is 1.48. The summed E-state index contributed by atoms with van der Waals surface area (Å²) in [5.74, 6) is 4.36. The first-order valence-electron chi connectivity index (χ1n) is 12.6. The number of nitrogens with zero attached hydrogens (tertiary/aromatic N) is 3. The molecular formula is C27H35N9O3. The fourth-order valence-electron chi connectivity index (χ4n) is 5.29. The first-order chi connectivity index (χ1) is 18.6. The number of rotatable bonds is 12. The van der Waals surface area contributed by atoms with E-state index in [1.807, 2.05) is 19.9 Å². The molecule has 206 valence electrons. The Kier molecular flexibility index (Phi) is 9.24. The van der Waals surface area contributed by atoms with E-state index < -0.39 is 17.2 Å². The van der Waals surface area contributed by atoms with Crippen LogP contribution in [0.1, 0.15) is 69.7 Å². The molecule has 3 amide bonds. The van der Waals surface area contributed by atoms with Crippen LogP contribution in [-0.2, 0) is 16.6 Å². The zero-order valence-electron chi connectivity index (χ0n) is 22.2. The molecule has 0 spiro atoms. The second kappa shape index (κ2) is 12.4. The lowest BCUT2D eigenvalue weighted by atomic mass is 9.62. The van der Waals surface area contributed by atoms with Gasteiger partial charge in [-0.3, -0.25) is 14.4 Å². The summed E-state index contributed by atoms with van der Waals surface area (Å²) in [4.78, 5) is 38.2. The van der Waals surface area contributed by atoms with E-state index in [2.05, 4.69) is 16.0 Å². The van der Waals surface area contributed by atoms with Gasteiger partial charge in [-0.15, -0.1) is 0 Å². The van der Waals surface area contributed by atoms with Gasteiger partial charge in [0.25, 0.3) is 0 Å². The van der Waals surface area contributed by atoms with Crippen molar-refractivity contribution < 1.29 is 14.4 Å². The van der Waals surface area contributed by atoms with E-state index in [0.29, 0.717) is 30.5 Å². The van der Waals surface area contributed by atoms with E-state index in [0.717, 1.165) is 28.7 Å². The molecule has 0 radical (unpaired) electrons. The van der Waals surface area contributed by atoms with Gasteiger partial charge in [0.15, 0.2) is 0 Å². The minimum atomic E-state index is -1.05. The summed E-state index contributed by atoms with van der Waals surface area (Å²) in [7, 11) is 0. The Balaban J connectivity index is 2.11. The van der Waals surface area contributed by atoms with Gasteiger partial charge in [0, 0.05) is 23.7 Å². The molecular weight excluding hydrogens is 498 g/mol. The number of primary amides is 2. The molecule has 0 saturated carbocycles. The fraction of sp³-hybridized carbons (Fsp3) is 0.370. The van der Waals surface area contributed by atoms with Gasteiger partial charge in [-0.2, -0.15) is 10.4 Å². The monoisotopic (exact) mass is 533 g/mol. The number of hydrazine groups is 1. The number of benzene rings is 2. The molecule has 2 aromatic rings. The number of amides is 3. The van der Waals surface area contributed by atoms with Crippen molar-refractivity contribution in [2.24, 2.45) is 28.1 Å². The number of carbonyl (C=O) groups is 3. The molecule has 12 heteroatoms. The summed E-state index contributed by atoms with van der Waals surface area (Å²) in [6.45, 7) is 4.37. The van der Waals surface area contributed by atoms with E-state index in [9.17, 15) is 14.4 Å². The van der Waals surface area contributed by atoms with Gasteiger partial charge in [-0.1, -0.05) is 19.1 Å². The second-order valence-electron chi connectivity index (χ2n) is 9.64. The van der Waals surface area contributed by atoms with Crippen molar-refractivity contribution in [1.82, 2.24) is 15.8 Å². The number of hydrogen-bond donors (Lipinski definition) is 6. The lowest BCUT2D eigenvalue weighted by Crippen LogP contribution is -2.51. The number of carbonyl (C=O) groups excluding carboxylic acids is 3. The van der Waals surface area contributed by atoms with Gasteiger partial charge < -0.3 is 27.4 Å². The van der Waals surface area contributed by atoms with Crippen LogP contribution >= 0.6 is 0 Å². The van der Waals surface area contributed by atoms with Crippen LogP contribution in [0.4, 0.5) is 0 Å². The lowest BCUT2D eigenvalue weighted by Gasteiger charge is -2.42. The van der Waals surface area contributed by atoms with Crippen molar-refractivity contribution in [2.75, 3.05) is 19.6 Å². The Morgan fingerprint density at radius 2 is 1.64 bits per heavy atom. The average Bonchev–Trinajstić information content (AvgIpc) is 2.90. The van der Waals surface area contributed by atoms with Crippen molar-refractivity contribution in [2.45, 2.75) is 44.6 Å². The predicted octanol–water partition coefficient (Wildman–Crippen LogP) is -0.0594. The minimum Gasteiger partial charge on any atom is -0.385 e. The Morgan fingerprint density at radius 3 is 2.10 bits per heavy atom. The van der Waals surface area contributed by atoms with Crippen LogP contribution in [0.2, 0.25) is 0 Å².